The van der Waals surface area contributed by atoms with Crippen LogP contribution in [0.4, 0.5) is 0 Å². The van der Waals surface area contributed by atoms with E-state index in [1.165, 1.54) is 34.1 Å². The number of ketones is 1. The molecule has 14 heteroatoms. The number of hydrogen-bond acceptors (Lipinski definition) is 14. The van der Waals surface area contributed by atoms with Gasteiger partial charge in [-0.3, -0.25) is 9.59 Å². The molecule has 14 nitrogen and oxygen atoms in total. The van der Waals surface area contributed by atoms with Gasteiger partial charge in [0.2, 0.25) is 0 Å². The van der Waals surface area contributed by atoms with Crippen LogP contribution in [-0.4, -0.2) is 150 Å². The molecule has 0 aromatic heterocycles. The van der Waals surface area contributed by atoms with Crippen LogP contribution in [0.2, 0.25) is 0 Å². The number of likely N-dealkylation sites (N-methyl/N-ethyl adjacent to an activating group) is 1. The lowest BCUT2D eigenvalue weighted by atomic mass is 9.74. The Kier molecular flexibility index (Phi) is 15.1. The van der Waals surface area contributed by atoms with Gasteiger partial charge in [-0.2, -0.15) is 0 Å². The van der Waals surface area contributed by atoms with Crippen LogP contribution in [0.15, 0.2) is 12.7 Å². The number of aliphatic hydroxyl groups excluding tert-OH is 3. The highest BCUT2D eigenvalue weighted by Gasteiger charge is 2.54. The molecule has 3 aliphatic heterocycles. The third-order valence-electron chi connectivity index (χ3n) is 12.0. The second-order valence-electron chi connectivity index (χ2n) is 16.4. The molecule has 18 atom stereocenters. The maximum absolute atomic E-state index is 14.1. The average molecular weight is 746 g/mol. The Balaban J connectivity index is 2.23. The molecule has 52 heavy (non-hydrogen) atoms. The predicted octanol–water partition coefficient (Wildman–Crippen LogP) is 2.22. The fourth-order valence-corrected chi connectivity index (χ4v) is 8.34. The number of carbonyl (C=O) groups is 2. The van der Waals surface area contributed by atoms with E-state index in [0.717, 1.165) is 0 Å². The lowest BCUT2D eigenvalue weighted by Gasteiger charge is -2.49. The summed E-state index contributed by atoms with van der Waals surface area (Å²) in [6, 6.07) is -0.293. The maximum Gasteiger partial charge on any atom is 0.312 e. The van der Waals surface area contributed by atoms with Crippen molar-refractivity contribution in [1.29, 1.82) is 0 Å². The zero-order chi connectivity index (χ0) is 39.7. The number of Topliss-reactive ketones (excluding diaryl/α,β-unsaturated/α-hetero) is 1. The van der Waals surface area contributed by atoms with Crippen LogP contribution in [0.5, 0.6) is 0 Å². The molecular formula is C38H67NO13. The first kappa shape index (κ1) is 44.8. The van der Waals surface area contributed by atoms with E-state index in [1.807, 2.05) is 32.8 Å². The van der Waals surface area contributed by atoms with Crippen molar-refractivity contribution in [3.63, 3.8) is 0 Å². The highest BCUT2D eigenvalue weighted by atomic mass is 16.7. The molecule has 0 amide bonds. The van der Waals surface area contributed by atoms with Gasteiger partial charge in [0.15, 0.2) is 18.7 Å². The Morgan fingerprint density at radius 3 is 2.00 bits per heavy atom. The molecule has 3 saturated heterocycles. The van der Waals surface area contributed by atoms with Gasteiger partial charge in [0, 0.05) is 44.4 Å². The number of nitrogens with zero attached hydrogens (tertiary/aromatic N) is 1. The number of hydrogen-bond donors (Lipinski definition) is 4. The lowest BCUT2D eigenvalue weighted by molar-refractivity contribution is -0.319. The number of methoxy groups -OCH3 is 2. The topological polar surface area (TPSA) is 183 Å². The summed E-state index contributed by atoms with van der Waals surface area (Å²) in [5.41, 5.74) is -4.39. The van der Waals surface area contributed by atoms with Crippen molar-refractivity contribution >= 4 is 11.8 Å². The maximum atomic E-state index is 14.1. The highest BCUT2D eigenvalue weighted by molar-refractivity contribution is 5.83. The van der Waals surface area contributed by atoms with E-state index < -0.39 is 102 Å². The van der Waals surface area contributed by atoms with Gasteiger partial charge in [-0.05, 0) is 74.6 Å². The largest absolute Gasteiger partial charge is 0.455 e. The molecule has 3 heterocycles. The van der Waals surface area contributed by atoms with Crippen LogP contribution in [0, 0.1) is 23.7 Å². The minimum atomic E-state index is -2.08. The Morgan fingerprint density at radius 1 is 0.865 bits per heavy atom. The van der Waals surface area contributed by atoms with Crippen LogP contribution in [-0.2, 0) is 42.7 Å². The molecular weight excluding hydrogens is 678 g/mol. The summed E-state index contributed by atoms with van der Waals surface area (Å²) in [6.07, 6.45) is -8.15. The molecule has 3 aliphatic rings. The first-order valence-corrected chi connectivity index (χ1v) is 18.5. The van der Waals surface area contributed by atoms with E-state index in [0.29, 0.717) is 6.42 Å². The second-order valence-corrected chi connectivity index (χ2v) is 16.4. The summed E-state index contributed by atoms with van der Waals surface area (Å²) in [5, 5.41) is 45.4. The monoisotopic (exact) mass is 745 g/mol. The van der Waals surface area contributed by atoms with Gasteiger partial charge in [-0.15, -0.1) is 0 Å². The van der Waals surface area contributed by atoms with Crippen LogP contribution in [0.25, 0.3) is 0 Å². The summed E-state index contributed by atoms with van der Waals surface area (Å²) < 4.78 is 43.7. The van der Waals surface area contributed by atoms with E-state index >= 15 is 0 Å². The van der Waals surface area contributed by atoms with Crippen molar-refractivity contribution in [2.24, 2.45) is 23.7 Å². The van der Waals surface area contributed by atoms with E-state index in [2.05, 4.69) is 6.58 Å². The average Bonchev–Trinajstić information content (AvgIpc) is 3.09. The quantitative estimate of drug-likeness (QED) is 0.210. The third kappa shape index (κ3) is 9.27. The van der Waals surface area contributed by atoms with Gasteiger partial charge in [0.25, 0.3) is 0 Å². The normalized spacial score (nSPS) is 48.9. The van der Waals surface area contributed by atoms with Crippen LogP contribution in [0.3, 0.4) is 0 Å². The Hall–Kier alpha value is -1.56. The second kappa shape index (κ2) is 17.5. The zero-order valence-corrected chi connectivity index (χ0v) is 33.5. The molecule has 3 fully saturated rings. The van der Waals surface area contributed by atoms with E-state index in [1.54, 1.807) is 34.6 Å². The van der Waals surface area contributed by atoms with Gasteiger partial charge < -0.3 is 58.5 Å². The fourth-order valence-electron chi connectivity index (χ4n) is 8.34. The highest BCUT2D eigenvalue weighted by Crippen LogP contribution is 2.41. The SMILES string of the molecule is C=C[C@H]1OC(=O)[C@H](C)[C@@H](O[C@H]2C[C@@](C)(OC)[C@@H](O)[C@H](C)O2)[C@H](C)[C@@H](O[C@@H]2O[C@H](C)C[C@H](N(C)C)[C@H]2O)[C@](C)(OC)C[C@@H](C)C(=O)[C@H](C)[C@@H](O)[C@]1(C)O. The molecule has 0 spiro atoms. The first-order chi connectivity index (χ1) is 24.0. The molecule has 302 valence electrons. The Bertz CT molecular complexity index is 1220. The van der Waals surface area contributed by atoms with Gasteiger partial charge in [-0.1, -0.05) is 27.4 Å². The molecule has 0 aromatic carbocycles. The van der Waals surface area contributed by atoms with E-state index in [-0.39, 0.29) is 30.8 Å². The van der Waals surface area contributed by atoms with Crippen molar-refractivity contribution in [1.82, 2.24) is 4.90 Å². The summed E-state index contributed by atoms with van der Waals surface area (Å²) in [6.45, 7) is 18.8. The molecule has 0 aliphatic carbocycles. The van der Waals surface area contributed by atoms with E-state index in [4.69, 9.17) is 33.2 Å². The predicted molar refractivity (Wildman–Crippen MR) is 191 cm³/mol. The first-order valence-electron chi connectivity index (χ1n) is 18.5. The summed E-state index contributed by atoms with van der Waals surface area (Å²) in [4.78, 5) is 30.0. The van der Waals surface area contributed by atoms with Crippen LogP contribution < -0.4 is 0 Å². The Morgan fingerprint density at radius 2 is 1.46 bits per heavy atom. The van der Waals surface area contributed by atoms with Crippen molar-refractivity contribution < 1.29 is 63.2 Å². The number of esters is 1. The summed E-state index contributed by atoms with van der Waals surface area (Å²) in [7, 11) is 6.73. The molecule has 0 aromatic rings. The van der Waals surface area contributed by atoms with Crippen molar-refractivity contribution in [3.05, 3.63) is 12.7 Å². The summed E-state index contributed by atoms with van der Waals surface area (Å²) >= 11 is 0. The van der Waals surface area contributed by atoms with E-state index in [9.17, 15) is 30.0 Å². The fraction of sp³-hybridized carbons (Fsp3) is 0.895. The van der Waals surface area contributed by atoms with Gasteiger partial charge in [0.1, 0.15) is 23.6 Å². The number of aliphatic hydroxyl groups is 4. The molecule has 0 bridgehead atoms. The van der Waals surface area contributed by atoms with Crippen LogP contribution in [0.1, 0.15) is 81.6 Å². The number of cyclic esters (lactones) is 1. The molecule has 0 unspecified atom stereocenters. The Labute approximate surface area is 310 Å². The lowest BCUT2D eigenvalue weighted by Crippen LogP contribution is -2.61. The molecule has 0 saturated carbocycles. The van der Waals surface area contributed by atoms with Gasteiger partial charge >= 0.3 is 5.97 Å². The zero-order valence-electron chi connectivity index (χ0n) is 33.5. The van der Waals surface area contributed by atoms with Crippen molar-refractivity contribution in [2.75, 3.05) is 28.3 Å². The van der Waals surface area contributed by atoms with Crippen molar-refractivity contribution in [2.45, 2.75) is 166 Å². The van der Waals surface area contributed by atoms with Gasteiger partial charge in [-0.25, -0.2) is 0 Å². The van der Waals surface area contributed by atoms with Gasteiger partial charge in [0.05, 0.1) is 47.6 Å². The summed E-state index contributed by atoms with van der Waals surface area (Å²) in [5.74, 6) is -4.72. The minimum Gasteiger partial charge on any atom is -0.455 e. The smallest absolute Gasteiger partial charge is 0.312 e. The standard InChI is InChI=1S/C38H67NO13/c1-15-26-38(10,45)31(42)21(4)28(40)19(2)17-37(9,47-14)33(52-35-29(41)25(39(11)12)16-20(3)48-35)22(5)30(23(6)34(44)50-26)51-27-18-36(8,46-13)32(43)24(7)49-27/h15,19-27,29-33,35,41-43,45H,1,16-18H2,2-14H3/t19-,20-,21+,22+,23-,24+,25+,26-,27+,29-,30+,31-,32+,33-,35+,36-,37-,38-/m1/s1. The van der Waals surface area contributed by atoms with Crippen LogP contribution >= 0.6 is 0 Å². The molecule has 3 rings (SSSR count). The molecule has 4 N–H and O–H groups in total. The minimum absolute atomic E-state index is 0.0906. The third-order valence-corrected chi connectivity index (χ3v) is 12.0. The number of ether oxygens (including phenoxy) is 7. The van der Waals surface area contributed by atoms with Crippen molar-refractivity contribution in [3.8, 4) is 0 Å². The number of rotatable bonds is 8. The molecule has 0 radical (unpaired) electrons. The number of carbonyl (C=O) groups excluding carboxylic acids is 2.